The molecule has 3 aromatic rings. The van der Waals surface area contributed by atoms with Gasteiger partial charge in [-0.2, -0.15) is 11.3 Å². The minimum absolute atomic E-state index is 0.132. The third kappa shape index (κ3) is 1.98. The van der Waals surface area contributed by atoms with E-state index in [2.05, 4.69) is 6.07 Å². The number of carbonyl (C=O) groups is 1. The molecule has 2 aromatic carbocycles. The molecule has 0 fully saturated rings. The molecule has 0 amide bonds. The maximum atomic E-state index is 12.8. The molecular formula is C17H14OS. The zero-order valence-corrected chi connectivity index (χ0v) is 11.8. The molecule has 1 nitrogen and oxygen atoms in total. The van der Waals surface area contributed by atoms with Crippen molar-refractivity contribution in [3.63, 3.8) is 0 Å². The van der Waals surface area contributed by atoms with Crippen LogP contribution in [0, 0.1) is 13.8 Å². The molecule has 0 aliphatic carbocycles. The largest absolute Gasteiger partial charge is 0.289 e. The van der Waals surface area contributed by atoms with E-state index in [1.807, 2.05) is 54.9 Å². The molecule has 0 atom stereocenters. The van der Waals surface area contributed by atoms with Crippen LogP contribution in [0.15, 0.2) is 47.2 Å². The zero-order chi connectivity index (χ0) is 13.4. The van der Waals surface area contributed by atoms with Crippen LogP contribution in [0.3, 0.4) is 0 Å². The van der Waals surface area contributed by atoms with Crippen LogP contribution in [0.25, 0.3) is 10.8 Å². The molecular weight excluding hydrogens is 252 g/mol. The SMILES string of the molecule is Cc1cscc1C(=O)c1c(C)ccc2ccccc12. The van der Waals surface area contributed by atoms with E-state index >= 15 is 0 Å². The number of aryl methyl sites for hydroxylation is 2. The van der Waals surface area contributed by atoms with Crippen LogP contribution < -0.4 is 0 Å². The van der Waals surface area contributed by atoms with Crippen molar-refractivity contribution < 1.29 is 4.79 Å². The Morgan fingerprint density at radius 3 is 2.47 bits per heavy atom. The molecule has 0 aliphatic heterocycles. The molecule has 0 N–H and O–H groups in total. The molecule has 19 heavy (non-hydrogen) atoms. The lowest BCUT2D eigenvalue weighted by molar-refractivity contribution is 0.103. The lowest BCUT2D eigenvalue weighted by atomic mass is 9.93. The van der Waals surface area contributed by atoms with E-state index in [-0.39, 0.29) is 5.78 Å². The van der Waals surface area contributed by atoms with Crippen LogP contribution in [-0.4, -0.2) is 5.78 Å². The van der Waals surface area contributed by atoms with Crippen LogP contribution in [0.5, 0.6) is 0 Å². The summed E-state index contributed by atoms with van der Waals surface area (Å²) in [7, 11) is 0. The van der Waals surface area contributed by atoms with E-state index in [9.17, 15) is 4.79 Å². The van der Waals surface area contributed by atoms with Gasteiger partial charge in [0.2, 0.25) is 0 Å². The monoisotopic (exact) mass is 266 g/mol. The van der Waals surface area contributed by atoms with Crippen molar-refractivity contribution in [1.29, 1.82) is 0 Å². The van der Waals surface area contributed by atoms with E-state index in [1.165, 1.54) is 0 Å². The molecule has 0 unspecified atom stereocenters. The van der Waals surface area contributed by atoms with Crippen LogP contribution >= 0.6 is 11.3 Å². The number of rotatable bonds is 2. The molecule has 3 rings (SSSR count). The first-order chi connectivity index (χ1) is 9.18. The van der Waals surface area contributed by atoms with Gasteiger partial charge in [-0.05, 0) is 41.1 Å². The van der Waals surface area contributed by atoms with Crippen molar-refractivity contribution in [3.05, 3.63) is 69.4 Å². The fraction of sp³-hybridized carbons (Fsp3) is 0.118. The number of ketones is 1. The van der Waals surface area contributed by atoms with Crippen molar-refractivity contribution in [2.75, 3.05) is 0 Å². The molecule has 0 saturated carbocycles. The summed E-state index contributed by atoms with van der Waals surface area (Å²) in [5.74, 6) is 0.132. The smallest absolute Gasteiger partial charge is 0.195 e. The predicted molar refractivity (Wildman–Crippen MR) is 81.2 cm³/mol. The summed E-state index contributed by atoms with van der Waals surface area (Å²) in [6.45, 7) is 3.99. The highest BCUT2D eigenvalue weighted by atomic mass is 32.1. The molecule has 1 aromatic heterocycles. The average Bonchev–Trinajstić information content (AvgIpc) is 2.84. The van der Waals surface area contributed by atoms with E-state index < -0.39 is 0 Å². The third-order valence-corrected chi connectivity index (χ3v) is 4.33. The topological polar surface area (TPSA) is 17.1 Å². The Kier molecular flexibility index (Phi) is 2.96. The van der Waals surface area contributed by atoms with Gasteiger partial charge in [-0.25, -0.2) is 0 Å². The van der Waals surface area contributed by atoms with Gasteiger partial charge in [-0.15, -0.1) is 0 Å². The van der Waals surface area contributed by atoms with Gasteiger partial charge in [0.05, 0.1) is 0 Å². The second-order valence-corrected chi connectivity index (χ2v) is 5.52. The second-order valence-electron chi connectivity index (χ2n) is 4.78. The summed E-state index contributed by atoms with van der Waals surface area (Å²) in [6, 6.07) is 12.2. The highest BCUT2D eigenvalue weighted by molar-refractivity contribution is 7.08. The average molecular weight is 266 g/mol. The van der Waals surface area contributed by atoms with Crippen LogP contribution in [0.4, 0.5) is 0 Å². The number of fused-ring (bicyclic) bond motifs is 1. The molecule has 1 heterocycles. The van der Waals surface area contributed by atoms with Crippen molar-refractivity contribution >= 4 is 27.9 Å². The Hall–Kier alpha value is -1.93. The van der Waals surface area contributed by atoms with Gasteiger partial charge in [0, 0.05) is 16.5 Å². The summed E-state index contributed by atoms with van der Waals surface area (Å²) in [4.78, 5) is 12.8. The lowest BCUT2D eigenvalue weighted by Gasteiger charge is -2.09. The predicted octanol–water partition coefficient (Wildman–Crippen LogP) is 4.75. The Morgan fingerprint density at radius 1 is 0.947 bits per heavy atom. The number of benzene rings is 2. The van der Waals surface area contributed by atoms with E-state index in [0.717, 1.165) is 33.0 Å². The van der Waals surface area contributed by atoms with Gasteiger partial charge in [0.15, 0.2) is 5.78 Å². The van der Waals surface area contributed by atoms with Crippen molar-refractivity contribution in [1.82, 2.24) is 0 Å². The maximum absolute atomic E-state index is 12.8. The number of hydrogen-bond acceptors (Lipinski definition) is 2. The van der Waals surface area contributed by atoms with Crippen LogP contribution in [0.1, 0.15) is 27.0 Å². The molecule has 94 valence electrons. The van der Waals surface area contributed by atoms with Gasteiger partial charge in [-0.1, -0.05) is 36.4 Å². The Morgan fingerprint density at radius 2 is 1.74 bits per heavy atom. The van der Waals surface area contributed by atoms with Crippen LogP contribution in [-0.2, 0) is 0 Å². The van der Waals surface area contributed by atoms with E-state index in [0.29, 0.717) is 0 Å². The minimum atomic E-state index is 0.132. The fourth-order valence-corrected chi connectivity index (χ4v) is 3.24. The summed E-state index contributed by atoms with van der Waals surface area (Å²) in [5, 5.41) is 6.12. The molecule has 0 saturated heterocycles. The van der Waals surface area contributed by atoms with Crippen molar-refractivity contribution in [2.45, 2.75) is 13.8 Å². The molecule has 0 radical (unpaired) electrons. The molecule has 0 spiro atoms. The summed E-state index contributed by atoms with van der Waals surface area (Å²) < 4.78 is 0. The first-order valence-corrected chi connectivity index (χ1v) is 7.18. The quantitative estimate of drug-likeness (QED) is 0.612. The zero-order valence-electron chi connectivity index (χ0n) is 10.9. The standard InChI is InChI=1S/C17H14OS/c1-11-7-8-13-5-3-4-6-14(13)16(11)17(18)15-10-19-9-12(15)2/h3-10H,1-2H3. The van der Waals surface area contributed by atoms with Gasteiger partial charge in [0.1, 0.15) is 0 Å². The Balaban J connectivity index is 2.28. The summed E-state index contributed by atoms with van der Waals surface area (Å²) in [6.07, 6.45) is 0. The van der Waals surface area contributed by atoms with E-state index in [4.69, 9.17) is 0 Å². The molecule has 0 aliphatic rings. The van der Waals surface area contributed by atoms with E-state index in [1.54, 1.807) is 11.3 Å². The van der Waals surface area contributed by atoms with Crippen molar-refractivity contribution in [3.8, 4) is 0 Å². The summed E-state index contributed by atoms with van der Waals surface area (Å²) >= 11 is 1.58. The normalized spacial score (nSPS) is 10.8. The van der Waals surface area contributed by atoms with Gasteiger partial charge >= 0.3 is 0 Å². The van der Waals surface area contributed by atoms with Gasteiger partial charge in [0.25, 0.3) is 0 Å². The number of carbonyl (C=O) groups excluding carboxylic acids is 1. The molecule has 0 bridgehead atoms. The fourth-order valence-electron chi connectivity index (χ4n) is 2.41. The highest BCUT2D eigenvalue weighted by Gasteiger charge is 2.17. The van der Waals surface area contributed by atoms with Crippen LogP contribution in [0.2, 0.25) is 0 Å². The summed E-state index contributed by atoms with van der Waals surface area (Å²) in [5.41, 5.74) is 3.75. The van der Waals surface area contributed by atoms with Gasteiger partial charge in [-0.3, -0.25) is 4.79 Å². The Bertz CT molecular complexity index is 768. The molecule has 2 heteroatoms. The maximum Gasteiger partial charge on any atom is 0.195 e. The first kappa shape index (κ1) is 12.1. The third-order valence-electron chi connectivity index (χ3n) is 3.46. The first-order valence-electron chi connectivity index (χ1n) is 6.24. The number of hydrogen-bond donors (Lipinski definition) is 0. The Labute approximate surface area is 116 Å². The second kappa shape index (κ2) is 4.63. The lowest BCUT2D eigenvalue weighted by Crippen LogP contribution is -2.05. The number of thiophene rings is 1. The van der Waals surface area contributed by atoms with Gasteiger partial charge < -0.3 is 0 Å². The highest BCUT2D eigenvalue weighted by Crippen LogP contribution is 2.26. The van der Waals surface area contributed by atoms with Crippen molar-refractivity contribution in [2.24, 2.45) is 0 Å². The minimum Gasteiger partial charge on any atom is -0.289 e.